The maximum atomic E-state index is 5.39. The number of aliphatic imine (C=N–C) groups is 1. The number of nitrogens with one attached hydrogen (secondary N) is 2. The normalized spacial score (nSPS) is 16.8. The van der Waals surface area contributed by atoms with Gasteiger partial charge in [-0.2, -0.15) is 5.10 Å². The fraction of sp³-hybridized carbons (Fsp3) is 0.545. The molecule has 1 fully saturated rings. The lowest BCUT2D eigenvalue weighted by molar-refractivity contribution is 0.414. The van der Waals surface area contributed by atoms with Crippen LogP contribution in [0.5, 0.6) is 5.75 Å². The molecule has 2 heterocycles. The highest BCUT2D eigenvalue weighted by Crippen LogP contribution is 2.24. The lowest BCUT2D eigenvalue weighted by Gasteiger charge is -2.35. The molecule has 1 aromatic carbocycles. The van der Waals surface area contributed by atoms with Gasteiger partial charge in [0.1, 0.15) is 5.75 Å². The number of piperidine rings is 1. The number of guanidine groups is 1. The lowest BCUT2D eigenvalue weighted by Crippen LogP contribution is -2.51. The Bertz CT molecular complexity index is 850. The number of hydrogen-bond acceptors (Lipinski definition) is 4. The number of ether oxygens (including phenoxy) is 1. The van der Waals surface area contributed by atoms with Gasteiger partial charge in [-0.3, -0.25) is 4.68 Å². The number of halogens is 1. The Morgan fingerprint density at radius 3 is 2.80 bits per heavy atom. The molecule has 0 amide bonds. The Balaban J connectivity index is 0.00000320. The second-order valence-corrected chi connectivity index (χ2v) is 7.60. The molecule has 1 aliphatic heterocycles. The van der Waals surface area contributed by atoms with Gasteiger partial charge in [0.2, 0.25) is 0 Å². The van der Waals surface area contributed by atoms with E-state index in [0.29, 0.717) is 12.6 Å². The SMILES string of the molecule is CCNC(=NCc1c(C)nn(C)c1C)NC1CCCN(c2cccc(OC)c2)C1.I. The number of anilines is 1. The average molecular weight is 526 g/mol. The average Bonchev–Trinajstić information content (AvgIpc) is 2.98. The molecule has 1 aromatic heterocycles. The predicted molar refractivity (Wildman–Crippen MR) is 134 cm³/mol. The largest absolute Gasteiger partial charge is 0.497 e. The fourth-order valence-electron chi connectivity index (χ4n) is 3.85. The Morgan fingerprint density at radius 2 is 2.13 bits per heavy atom. The first-order chi connectivity index (χ1) is 14.0. The number of hydrogen-bond donors (Lipinski definition) is 2. The molecule has 166 valence electrons. The number of methoxy groups -OCH3 is 1. The summed E-state index contributed by atoms with van der Waals surface area (Å²) < 4.78 is 7.31. The maximum absolute atomic E-state index is 5.39. The van der Waals surface area contributed by atoms with Gasteiger partial charge in [-0.25, -0.2) is 4.99 Å². The molecule has 1 aliphatic rings. The summed E-state index contributed by atoms with van der Waals surface area (Å²) in [6.45, 7) is 9.72. The monoisotopic (exact) mass is 526 g/mol. The minimum atomic E-state index is 0. The molecule has 3 rings (SSSR count). The second kappa shape index (κ2) is 11.4. The van der Waals surface area contributed by atoms with Crippen LogP contribution in [0.25, 0.3) is 0 Å². The quantitative estimate of drug-likeness (QED) is 0.343. The molecular weight excluding hydrogens is 491 g/mol. The summed E-state index contributed by atoms with van der Waals surface area (Å²) in [6.07, 6.45) is 2.28. The van der Waals surface area contributed by atoms with E-state index in [-0.39, 0.29) is 24.0 Å². The van der Waals surface area contributed by atoms with E-state index in [1.807, 2.05) is 24.7 Å². The van der Waals surface area contributed by atoms with Gasteiger partial charge < -0.3 is 20.3 Å². The highest BCUT2D eigenvalue weighted by Gasteiger charge is 2.21. The van der Waals surface area contributed by atoms with Gasteiger partial charge in [0, 0.05) is 55.7 Å². The van der Waals surface area contributed by atoms with Crippen molar-refractivity contribution in [2.75, 3.05) is 31.6 Å². The summed E-state index contributed by atoms with van der Waals surface area (Å²) >= 11 is 0. The minimum Gasteiger partial charge on any atom is -0.497 e. The van der Waals surface area contributed by atoms with Crippen LogP contribution < -0.4 is 20.3 Å². The predicted octanol–water partition coefficient (Wildman–Crippen LogP) is 3.39. The molecule has 0 aliphatic carbocycles. The highest BCUT2D eigenvalue weighted by molar-refractivity contribution is 14.0. The minimum absolute atomic E-state index is 0. The van der Waals surface area contributed by atoms with Gasteiger partial charge >= 0.3 is 0 Å². The van der Waals surface area contributed by atoms with E-state index in [1.165, 1.54) is 16.9 Å². The third-order valence-electron chi connectivity index (χ3n) is 5.58. The van der Waals surface area contributed by atoms with Crippen LogP contribution in [-0.2, 0) is 13.6 Å². The molecule has 0 radical (unpaired) electrons. The standard InChI is InChI=1S/C22H34N6O.HI/c1-6-23-22(24-14-21-16(2)26-27(4)17(21)3)25-18-9-8-12-28(15-18)19-10-7-11-20(13-19)29-5;/h7,10-11,13,18H,6,8-9,12,14-15H2,1-5H3,(H2,23,24,25);1H. The molecule has 0 saturated carbocycles. The van der Waals surface area contributed by atoms with Crippen LogP contribution in [0.1, 0.15) is 36.7 Å². The van der Waals surface area contributed by atoms with Crippen molar-refractivity contribution in [3.8, 4) is 5.75 Å². The van der Waals surface area contributed by atoms with Gasteiger partial charge in [0.25, 0.3) is 0 Å². The van der Waals surface area contributed by atoms with Crippen LogP contribution in [0.15, 0.2) is 29.3 Å². The van der Waals surface area contributed by atoms with Gasteiger partial charge in [-0.1, -0.05) is 6.07 Å². The Hall–Kier alpha value is -1.97. The van der Waals surface area contributed by atoms with Crippen LogP contribution in [0.3, 0.4) is 0 Å². The summed E-state index contributed by atoms with van der Waals surface area (Å²) in [5.74, 6) is 1.77. The van der Waals surface area contributed by atoms with Gasteiger partial charge in [-0.05, 0) is 45.7 Å². The Morgan fingerprint density at radius 1 is 1.33 bits per heavy atom. The number of aromatic nitrogens is 2. The molecule has 1 saturated heterocycles. The van der Waals surface area contributed by atoms with Gasteiger partial charge in [0.15, 0.2) is 5.96 Å². The number of benzene rings is 1. The highest BCUT2D eigenvalue weighted by atomic mass is 127. The second-order valence-electron chi connectivity index (χ2n) is 7.60. The molecule has 30 heavy (non-hydrogen) atoms. The first kappa shape index (κ1) is 24.3. The van der Waals surface area contributed by atoms with Crippen LogP contribution in [-0.4, -0.2) is 48.5 Å². The molecule has 7 nitrogen and oxygen atoms in total. The topological polar surface area (TPSA) is 66.7 Å². The van der Waals surface area contributed by atoms with Crippen molar-refractivity contribution in [3.63, 3.8) is 0 Å². The number of rotatable bonds is 6. The van der Waals surface area contributed by atoms with Gasteiger partial charge in [0.05, 0.1) is 19.3 Å². The summed E-state index contributed by atoms with van der Waals surface area (Å²) in [4.78, 5) is 7.26. The summed E-state index contributed by atoms with van der Waals surface area (Å²) in [5, 5.41) is 11.5. The molecule has 8 heteroatoms. The molecule has 1 atom stereocenters. The van der Waals surface area contributed by atoms with Crippen molar-refractivity contribution in [2.24, 2.45) is 12.0 Å². The third kappa shape index (κ3) is 6.02. The van der Waals surface area contributed by atoms with E-state index in [0.717, 1.165) is 49.9 Å². The molecule has 1 unspecified atom stereocenters. The van der Waals surface area contributed by atoms with Crippen LogP contribution in [0.2, 0.25) is 0 Å². The van der Waals surface area contributed by atoms with E-state index < -0.39 is 0 Å². The van der Waals surface area contributed by atoms with E-state index in [1.54, 1.807) is 7.11 Å². The van der Waals surface area contributed by atoms with E-state index >= 15 is 0 Å². The Labute approximate surface area is 197 Å². The van der Waals surface area contributed by atoms with Crippen molar-refractivity contribution >= 4 is 35.6 Å². The molecule has 0 bridgehead atoms. The molecule has 2 N–H and O–H groups in total. The lowest BCUT2D eigenvalue weighted by atomic mass is 10.0. The van der Waals surface area contributed by atoms with Crippen LogP contribution in [0, 0.1) is 13.8 Å². The van der Waals surface area contributed by atoms with E-state index in [2.05, 4.69) is 52.7 Å². The third-order valence-corrected chi connectivity index (χ3v) is 5.58. The number of aryl methyl sites for hydroxylation is 2. The van der Waals surface area contributed by atoms with Crippen molar-refractivity contribution in [1.82, 2.24) is 20.4 Å². The van der Waals surface area contributed by atoms with Gasteiger partial charge in [-0.15, -0.1) is 24.0 Å². The van der Waals surface area contributed by atoms with Crippen molar-refractivity contribution < 1.29 is 4.74 Å². The smallest absolute Gasteiger partial charge is 0.191 e. The van der Waals surface area contributed by atoms with Crippen LogP contribution >= 0.6 is 24.0 Å². The van der Waals surface area contributed by atoms with Crippen molar-refractivity contribution in [1.29, 1.82) is 0 Å². The molecule has 2 aromatic rings. The molecule has 0 spiro atoms. The van der Waals surface area contributed by atoms with E-state index in [4.69, 9.17) is 9.73 Å². The zero-order chi connectivity index (χ0) is 20.8. The first-order valence-corrected chi connectivity index (χ1v) is 10.4. The fourth-order valence-corrected chi connectivity index (χ4v) is 3.85. The summed E-state index contributed by atoms with van der Waals surface area (Å²) in [5.41, 5.74) is 4.63. The summed E-state index contributed by atoms with van der Waals surface area (Å²) in [7, 11) is 3.69. The zero-order valence-electron chi connectivity index (χ0n) is 18.7. The van der Waals surface area contributed by atoms with Crippen molar-refractivity contribution in [3.05, 3.63) is 41.2 Å². The van der Waals surface area contributed by atoms with E-state index in [9.17, 15) is 0 Å². The maximum Gasteiger partial charge on any atom is 0.191 e. The Kier molecular flexibility index (Phi) is 9.26. The molecular formula is C22H35IN6O. The first-order valence-electron chi connectivity index (χ1n) is 10.4. The zero-order valence-corrected chi connectivity index (χ0v) is 21.1. The van der Waals surface area contributed by atoms with Crippen LogP contribution in [0.4, 0.5) is 5.69 Å². The van der Waals surface area contributed by atoms with Crippen molar-refractivity contribution in [2.45, 2.75) is 46.2 Å². The number of nitrogens with zero attached hydrogens (tertiary/aromatic N) is 4. The summed E-state index contributed by atoms with van der Waals surface area (Å²) in [6, 6.07) is 8.65.